The van der Waals surface area contributed by atoms with Crippen molar-refractivity contribution in [3.8, 4) is 6.07 Å². The molecular formula is C13H14ClN3O. The Hall–Kier alpha value is -1.57. The van der Waals surface area contributed by atoms with Gasteiger partial charge in [0.05, 0.1) is 23.2 Å². The molecule has 4 nitrogen and oxygen atoms in total. The van der Waals surface area contributed by atoms with Gasteiger partial charge in [0.2, 0.25) is 5.91 Å². The van der Waals surface area contributed by atoms with Gasteiger partial charge in [-0.25, -0.2) is 0 Å². The van der Waals surface area contributed by atoms with E-state index in [9.17, 15) is 4.79 Å². The fraction of sp³-hybridized carbons (Fsp3) is 0.385. The quantitative estimate of drug-likeness (QED) is 0.887. The van der Waals surface area contributed by atoms with E-state index in [-0.39, 0.29) is 12.3 Å². The van der Waals surface area contributed by atoms with E-state index < -0.39 is 6.04 Å². The molecule has 1 aromatic rings. The molecule has 0 radical (unpaired) electrons. The summed E-state index contributed by atoms with van der Waals surface area (Å²) < 4.78 is 0. The highest BCUT2D eigenvalue weighted by atomic mass is 35.5. The molecule has 1 fully saturated rings. The van der Waals surface area contributed by atoms with E-state index in [1.54, 1.807) is 11.0 Å². The van der Waals surface area contributed by atoms with Gasteiger partial charge in [-0.1, -0.05) is 23.7 Å². The van der Waals surface area contributed by atoms with Crippen LogP contribution in [0.5, 0.6) is 0 Å². The number of nitriles is 1. The average Bonchev–Trinajstić information content (AvgIpc) is 2.54. The number of para-hydroxylation sites is 1. The number of carbonyl (C=O) groups excluding carboxylic acids is 1. The number of amides is 1. The van der Waals surface area contributed by atoms with Gasteiger partial charge in [-0.2, -0.15) is 5.26 Å². The van der Waals surface area contributed by atoms with Crippen molar-refractivity contribution in [2.75, 3.05) is 18.0 Å². The minimum Gasteiger partial charge on any atom is -0.310 e. The minimum absolute atomic E-state index is 0.0813. The Balaban J connectivity index is 2.29. The van der Waals surface area contributed by atoms with Crippen LogP contribution < -0.4 is 10.2 Å². The Bertz CT molecular complexity index is 483. The van der Waals surface area contributed by atoms with Crippen molar-refractivity contribution in [3.63, 3.8) is 0 Å². The number of anilines is 1. The number of nitrogens with one attached hydrogen (secondary N) is 1. The SMILES string of the molecule is N#CCC1NCCCN(c2ccccc2Cl)C1=O. The molecule has 2 rings (SSSR count). The topological polar surface area (TPSA) is 56.1 Å². The second kappa shape index (κ2) is 5.85. The van der Waals surface area contributed by atoms with Crippen molar-refractivity contribution in [3.05, 3.63) is 29.3 Å². The molecule has 1 unspecified atom stereocenters. The summed E-state index contributed by atoms with van der Waals surface area (Å²) in [7, 11) is 0. The Labute approximate surface area is 111 Å². The summed E-state index contributed by atoms with van der Waals surface area (Å²) in [5, 5.41) is 12.4. The van der Waals surface area contributed by atoms with Crippen LogP contribution in [0.15, 0.2) is 24.3 Å². The molecule has 94 valence electrons. The average molecular weight is 264 g/mol. The van der Waals surface area contributed by atoms with Gasteiger partial charge in [-0.15, -0.1) is 0 Å². The van der Waals surface area contributed by atoms with Gasteiger partial charge < -0.3 is 10.2 Å². The molecular weight excluding hydrogens is 250 g/mol. The van der Waals surface area contributed by atoms with E-state index in [1.165, 1.54) is 0 Å². The Morgan fingerprint density at radius 2 is 2.28 bits per heavy atom. The van der Waals surface area contributed by atoms with Crippen LogP contribution >= 0.6 is 11.6 Å². The molecule has 0 aliphatic carbocycles. The highest BCUT2D eigenvalue weighted by Crippen LogP contribution is 2.26. The number of hydrogen-bond acceptors (Lipinski definition) is 3. The second-order valence-electron chi connectivity index (χ2n) is 4.16. The third-order valence-electron chi connectivity index (χ3n) is 2.95. The van der Waals surface area contributed by atoms with E-state index in [1.807, 2.05) is 24.3 Å². The molecule has 0 saturated carbocycles. The number of benzene rings is 1. The number of carbonyl (C=O) groups is 1. The molecule has 0 aromatic heterocycles. The zero-order valence-corrected chi connectivity index (χ0v) is 10.7. The van der Waals surface area contributed by atoms with Gasteiger partial charge >= 0.3 is 0 Å². The summed E-state index contributed by atoms with van der Waals surface area (Å²) in [6.45, 7) is 1.36. The van der Waals surface area contributed by atoms with Crippen LogP contribution in [0, 0.1) is 11.3 Å². The lowest BCUT2D eigenvalue weighted by atomic mass is 10.2. The number of rotatable bonds is 2. The standard InChI is InChI=1S/C13H14ClN3O/c14-10-4-1-2-5-12(10)17-9-3-8-16-11(6-7-15)13(17)18/h1-2,4-5,11,16H,3,6,8-9H2. The van der Waals surface area contributed by atoms with Crippen molar-refractivity contribution in [1.29, 1.82) is 5.26 Å². The molecule has 1 amide bonds. The first-order valence-corrected chi connectivity index (χ1v) is 6.28. The molecule has 1 atom stereocenters. The van der Waals surface area contributed by atoms with Crippen LogP contribution in [0.2, 0.25) is 5.02 Å². The van der Waals surface area contributed by atoms with Gasteiger partial charge in [0.25, 0.3) is 0 Å². The zero-order chi connectivity index (χ0) is 13.0. The van der Waals surface area contributed by atoms with Crippen molar-refractivity contribution in [1.82, 2.24) is 5.32 Å². The van der Waals surface area contributed by atoms with Crippen LogP contribution in [0.1, 0.15) is 12.8 Å². The predicted octanol–water partition coefficient (Wildman–Crippen LogP) is 1.95. The third-order valence-corrected chi connectivity index (χ3v) is 3.27. The van der Waals surface area contributed by atoms with Crippen molar-refractivity contribution in [2.45, 2.75) is 18.9 Å². The first-order valence-electron chi connectivity index (χ1n) is 5.90. The van der Waals surface area contributed by atoms with Gasteiger partial charge in [0, 0.05) is 6.54 Å². The molecule has 1 N–H and O–H groups in total. The number of halogens is 1. The fourth-order valence-corrected chi connectivity index (χ4v) is 2.30. The predicted molar refractivity (Wildman–Crippen MR) is 70.4 cm³/mol. The Morgan fingerprint density at radius 1 is 1.50 bits per heavy atom. The van der Waals surface area contributed by atoms with Crippen molar-refractivity contribution >= 4 is 23.2 Å². The molecule has 1 aliphatic heterocycles. The third kappa shape index (κ3) is 2.63. The fourth-order valence-electron chi connectivity index (χ4n) is 2.06. The van der Waals surface area contributed by atoms with E-state index in [0.717, 1.165) is 18.7 Å². The van der Waals surface area contributed by atoms with E-state index in [4.69, 9.17) is 16.9 Å². The van der Waals surface area contributed by atoms with E-state index >= 15 is 0 Å². The van der Waals surface area contributed by atoms with Crippen molar-refractivity contribution in [2.24, 2.45) is 0 Å². The molecule has 18 heavy (non-hydrogen) atoms. The summed E-state index contributed by atoms with van der Waals surface area (Å²) in [6.07, 6.45) is 1.03. The summed E-state index contributed by atoms with van der Waals surface area (Å²) in [4.78, 5) is 14.0. The number of hydrogen-bond donors (Lipinski definition) is 1. The number of nitrogens with zero attached hydrogens (tertiary/aromatic N) is 2. The molecule has 1 saturated heterocycles. The lowest BCUT2D eigenvalue weighted by molar-refractivity contribution is -0.120. The normalized spacial score (nSPS) is 20.3. The largest absolute Gasteiger partial charge is 0.310 e. The van der Waals surface area contributed by atoms with Crippen molar-refractivity contribution < 1.29 is 4.79 Å². The molecule has 0 bridgehead atoms. The summed E-state index contributed by atoms with van der Waals surface area (Å²) in [5.74, 6) is -0.0813. The maximum atomic E-state index is 12.3. The van der Waals surface area contributed by atoms with E-state index in [0.29, 0.717) is 11.6 Å². The van der Waals surface area contributed by atoms with Crippen LogP contribution in [0.4, 0.5) is 5.69 Å². The highest BCUT2D eigenvalue weighted by Gasteiger charge is 2.28. The van der Waals surface area contributed by atoms with Crippen LogP contribution in [0.25, 0.3) is 0 Å². The van der Waals surface area contributed by atoms with Crippen LogP contribution in [-0.4, -0.2) is 25.0 Å². The Morgan fingerprint density at radius 3 is 3.00 bits per heavy atom. The summed E-state index contributed by atoms with van der Waals surface area (Å²) in [6, 6.07) is 8.88. The first kappa shape index (κ1) is 12.9. The van der Waals surface area contributed by atoms with Crippen LogP contribution in [0.3, 0.4) is 0 Å². The maximum Gasteiger partial charge on any atom is 0.245 e. The Kier molecular flexibility index (Phi) is 4.19. The van der Waals surface area contributed by atoms with Gasteiger partial charge in [-0.05, 0) is 25.1 Å². The highest BCUT2D eigenvalue weighted by molar-refractivity contribution is 6.33. The summed E-state index contributed by atoms with van der Waals surface area (Å²) in [5.41, 5.74) is 0.718. The van der Waals surface area contributed by atoms with Crippen LogP contribution in [-0.2, 0) is 4.79 Å². The minimum atomic E-state index is -0.436. The summed E-state index contributed by atoms with van der Waals surface area (Å²) >= 11 is 6.12. The molecule has 1 aliphatic rings. The lowest BCUT2D eigenvalue weighted by Gasteiger charge is -2.24. The molecule has 1 heterocycles. The molecule has 0 spiro atoms. The lowest BCUT2D eigenvalue weighted by Crippen LogP contribution is -2.43. The molecule has 1 aromatic carbocycles. The smallest absolute Gasteiger partial charge is 0.245 e. The van der Waals surface area contributed by atoms with Gasteiger partial charge in [-0.3, -0.25) is 4.79 Å². The molecule has 5 heteroatoms. The monoisotopic (exact) mass is 263 g/mol. The maximum absolute atomic E-state index is 12.3. The van der Waals surface area contributed by atoms with E-state index in [2.05, 4.69) is 5.32 Å². The van der Waals surface area contributed by atoms with Gasteiger partial charge in [0.1, 0.15) is 6.04 Å². The second-order valence-corrected chi connectivity index (χ2v) is 4.57. The first-order chi connectivity index (χ1) is 8.74. The zero-order valence-electron chi connectivity index (χ0n) is 9.90. The van der Waals surface area contributed by atoms with Gasteiger partial charge in [0.15, 0.2) is 0 Å².